The summed E-state index contributed by atoms with van der Waals surface area (Å²) in [5, 5.41) is 9.15. The lowest BCUT2D eigenvalue weighted by atomic mass is 9.95. The molecule has 17 heavy (non-hydrogen) atoms. The largest absolute Gasteiger partial charge is 0.478 e. The fraction of sp³-hybridized carbons (Fsp3) is 0.417. The molecule has 5 heteroatoms. The molecule has 0 aromatic carbocycles. The van der Waals surface area contributed by atoms with Gasteiger partial charge < -0.3 is 9.84 Å². The second-order valence-corrected chi connectivity index (χ2v) is 4.28. The zero-order valence-corrected chi connectivity index (χ0v) is 10.5. The summed E-state index contributed by atoms with van der Waals surface area (Å²) in [5.41, 5.74) is -1.80. The maximum atomic E-state index is 11.5. The van der Waals surface area contributed by atoms with Crippen LogP contribution in [0.2, 0.25) is 0 Å². The Bertz CT molecular complexity index is 406. The van der Waals surface area contributed by atoms with Gasteiger partial charge in [0, 0.05) is 17.7 Å². The Morgan fingerprint density at radius 2 is 2.18 bits per heavy atom. The van der Waals surface area contributed by atoms with Crippen molar-refractivity contribution in [1.29, 1.82) is 0 Å². The van der Waals surface area contributed by atoms with Gasteiger partial charge in [0.15, 0.2) is 5.78 Å². The number of ketones is 1. The first kappa shape index (κ1) is 13.6. The second-order valence-electron chi connectivity index (χ2n) is 3.75. The maximum absolute atomic E-state index is 11.5. The van der Waals surface area contributed by atoms with E-state index in [9.17, 15) is 9.59 Å². The molecule has 1 N–H and O–H groups in total. The minimum Gasteiger partial charge on any atom is -0.478 e. The van der Waals surface area contributed by atoms with Crippen LogP contribution in [0.4, 0.5) is 0 Å². The average molecular weight is 254 g/mol. The third kappa shape index (κ3) is 2.79. The van der Waals surface area contributed by atoms with Crippen molar-refractivity contribution in [2.45, 2.75) is 32.3 Å². The highest BCUT2D eigenvalue weighted by atomic mass is 32.1. The standard InChI is InChI=1S/C12H14O4S/c1-3-12(8(2)13,11(14)15)16-9-4-6-10(17)7-5-9/h4-6H,3,7H2,1-2H3,(H,14,15). The molecular weight excluding hydrogens is 240 g/mol. The van der Waals surface area contributed by atoms with Crippen LogP contribution in [-0.4, -0.2) is 27.3 Å². The van der Waals surface area contributed by atoms with E-state index in [2.05, 4.69) is 0 Å². The van der Waals surface area contributed by atoms with Crippen molar-refractivity contribution in [2.75, 3.05) is 0 Å². The lowest BCUT2D eigenvalue weighted by Gasteiger charge is -2.27. The molecule has 0 saturated carbocycles. The van der Waals surface area contributed by atoms with Crippen LogP contribution in [0.3, 0.4) is 0 Å². The summed E-state index contributed by atoms with van der Waals surface area (Å²) in [5.74, 6) is -1.41. The number of allylic oxidation sites excluding steroid dienone is 3. The third-order valence-corrected chi connectivity index (χ3v) is 2.94. The van der Waals surface area contributed by atoms with Gasteiger partial charge in [-0.2, -0.15) is 0 Å². The summed E-state index contributed by atoms with van der Waals surface area (Å²) >= 11 is 4.96. The monoisotopic (exact) mass is 254 g/mol. The van der Waals surface area contributed by atoms with Crippen molar-refractivity contribution in [3.05, 3.63) is 24.0 Å². The minimum atomic E-state index is -1.80. The Labute approximate surface area is 105 Å². The van der Waals surface area contributed by atoms with E-state index in [1.807, 2.05) is 0 Å². The predicted molar refractivity (Wildman–Crippen MR) is 66.9 cm³/mol. The number of aliphatic carboxylic acids is 1. The molecule has 0 aromatic rings. The maximum Gasteiger partial charge on any atom is 0.355 e. The van der Waals surface area contributed by atoms with Gasteiger partial charge in [0.1, 0.15) is 5.76 Å². The molecule has 1 atom stereocenters. The van der Waals surface area contributed by atoms with E-state index in [4.69, 9.17) is 22.1 Å². The molecule has 0 fully saturated rings. The lowest BCUT2D eigenvalue weighted by Crippen LogP contribution is -2.47. The van der Waals surface area contributed by atoms with Crippen molar-refractivity contribution >= 4 is 28.8 Å². The van der Waals surface area contributed by atoms with Crippen molar-refractivity contribution in [1.82, 2.24) is 0 Å². The summed E-state index contributed by atoms with van der Waals surface area (Å²) in [7, 11) is 0. The molecule has 92 valence electrons. The Hall–Kier alpha value is -1.49. The van der Waals surface area contributed by atoms with Gasteiger partial charge in [-0.15, -0.1) is 0 Å². The number of hydrogen-bond donors (Lipinski definition) is 1. The molecule has 0 heterocycles. The van der Waals surface area contributed by atoms with Crippen LogP contribution in [-0.2, 0) is 14.3 Å². The van der Waals surface area contributed by atoms with Gasteiger partial charge in [-0.05, 0) is 25.2 Å². The summed E-state index contributed by atoms with van der Waals surface area (Å²) < 4.78 is 5.36. The van der Waals surface area contributed by atoms with Crippen LogP contribution in [0.1, 0.15) is 26.7 Å². The molecular formula is C12H14O4S. The van der Waals surface area contributed by atoms with E-state index in [0.717, 1.165) is 4.86 Å². The molecule has 1 aliphatic rings. The number of carboxylic acids is 1. The molecule has 0 saturated heterocycles. The molecule has 0 aromatic heterocycles. The van der Waals surface area contributed by atoms with Gasteiger partial charge in [0.25, 0.3) is 5.60 Å². The molecule has 0 spiro atoms. The van der Waals surface area contributed by atoms with Crippen LogP contribution in [0.5, 0.6) is 0 Å². The summed E-state index contributed by atoms with van der Waals surface area (Å²) in [6.45, 7) is 2.82. The van der Waals surface area contributed by atoms with Gasteiger partial charge in [-0.3, -0.25) is 4.79 Å². The SMILES string of the molecule is CCC(OC1=CCC(=S)C=C1)(C(C)=O)C(=O)O. The zero-order valence-electron chi connectivity index (χ0n) is 9.73. The van der Waals surface area contributed by atoms with Gasteiger partial charge in [0.2, 0.25) is 0 Å². The van der Waals surface area contributed by atoms with E-state index in [0.29, 0.717) is 12.2 Å². The quantitative estimate of drug-likeness (QED) is 0.601. The summed E-state index contributed by atoms with van der Waals surface area (Å²) in [6, 6.07) is 0. The first-order chi connectivity index (χ1) is 7.92. The molecule has 0 radical (unpaired) electrons. The highest BCUT2D eigenvalue weighted by Gasteiger charge is 2.44. The van der Waals surface area contributed by atoms with Gasteiger partial charge in [-0.25, -0.2) is 4.79 Å². The minimum absolute atomic E-state index is 0.0767. The first-order valence-electron chi connectivity index (χ1n) is 5.27. The number of thiocarbonyl (C=S) groups is 1. The normalized spacial score (nSPS) is 18.2. The Kier molecular flexibility index (Phi) is 4.17. The second kappa shape index (κ2) is 5.23. The summed E-state index contributed by atoms with van der Waals surface area (Å²) in [4.78, 5) is 23.5. The number of rotatable bonds is 5. The topological polar surface area (TPSA) is 63.6 Å². The molecule has 1 unspecified atom stereocenters. The van der Waals surface area contributed by atoms with Crippen LogP contribution in [0.25, 0.3) is 0 Å². The van der Waals surface area contributed by atoms with Crippen molar-refractivity contribution in [2.24, 2.45) is 0 Å². The fourth-order valence-electron chi connectivity index (χ4n) is 1.53. The van der Waals surface area contributed by atoms with E-state index in [-0.39, 0.29) is 6.42 Å². The lowest BCUT2D eigenvalue weighted by molar-refractivity contribution is -0.166. The molecule has 1 aliphatic carbocycles. The van der Waals surface area contributed by atoms with Gasteiger partial charge >= 0.3 is 5.97 Å². The number of hydrogen-bond acceptors (Lipinski definition) is 4. The van der Waals surface area contributed by atoms with Crippen LogP contribution in [0.15, 0.2) is 24.0 Å². The molecule has 1 rings (SSSR count). The summed E-state index contributed by atoms with van der Waals surface area (Å²) in [6.07, 6.45) is 5.54. The van der Waals surface area contributed by atoms with Crippen molar-refractivity contribution < 1.29 is 19.4 Å². The Balaban J connectivity index is 2.96. The highest BCUT2D eigenvalue weighted by molar-refractivity contribution is 7.80. The Morgan fingerprint density at radius 1 is 1.53 bits per heavy atom. The van der Waals surface area contributed by atoms with Crippen LogP contribution in [0, 0.1) is 0 Å². The highest BCUT2D eigenvalue weighted by Crippen LogP contribution is 2.24. The first-order valence-corrected chi connectivity index (χ1v) is 5.67. The number of carboxylic acid groups (broad SMARTS) is 1. The van der Waals surface area contributed by atoms with E-state index >= 15 is 0 Å². The molecule has 0 amide bonds. The number of ether oxygens (including phenoxy) is 1. The third-order valence-electron chi connectivity index (χ3n) is 2.64. The van der Waals surface area contributed by atoms with Crippen molar-refractivity contribution in [3.63, 3.8) is 0 Å². The van der Waals surface area contributed by atoms with E-state index < -0.39 is 17.4 Å². The molecule has 0 bridgehead atoms. The average Bonchev–Trinajstić information content (AvgIpc) is 2.27. The van der Waals surface area contributed by atoms with Gasteiger partial charge in [0.05, 0.1) is 0 Å². The van der Waals surface area contributed by atoms with Crippen molar-refractivity contribution in [3.8, 4) is 0 Å². The van der Waals surface area contributed by atoms with E-state index in [1.54, 1.807) is 25.2 Å². The smallest absolute Gasteiger partial charge is 0.355 e. The molecule has 0 aliphatic heterocycles. The van der Waals surface area contributed by atoms with Gasteiger partial charge in [-0.1, -0.05) is 19.1 Å². The predicted octanol–water partition coefficient (Wildman–Crippen LogP) is 2.04. The Morgan fingerprint density at radius 3 is 2.53 bits per heavy atom. The zero-order chi connectivity index (χ0) is 13.1. The van der Waals surface area contributed by atoms with Crippen LogP contribution >= 0.6 is 12.2 Å². The number of Topliss-reactive ketones (excluding diaryl/α,β-unsaturated/α-hetero) is 1. The number of carbonyl (C=O) groups excluding carboxylic acids is 1. The van der Waals surface area contributed by atoms with Crippen LogP contribution < -0.4 is 0 Å². The van der Waals surface area contributed by atoms with E-state index in [1.165, 1.54) is 6.92 Å². The molecule has 4 nitrogen and oxygen atoms in total. The number of carbonyl (C=O) groups is 2. The fourth-order valence-corrected chi connectivity index (χ4v) is 1.68.